The average Bonchev–Trinajstić information content (AvgIpc) is 2.97. The third kappa shape index (κ3) is 3.40. The lowest BCUT2D eigenvalue weighted by Gasteiger charge is -2.50. The van der Waals surface area contributed by atoms with Crippen LogP contribution in [0.3, 0.4) is 0 Å². The minimum absolute atomic E-state index is 0.00922. The molecular formula is C19H27ClN2O2. The molecule has 1 aromatic carbocycles. The van der Waals surface area contributed by atoms with E-state index in [2.05, 4.69) is 16.8 Å². The maximum Gasteiger partial charge on any atom is 0.266 e. The first-order valence-corrected chi connectivity index (χ1v) is 9.15. The SMILES string of the molecule is CN1CCN(C(=O)C(C)(C)Oc2ccc(Cl)cc2)C2(CCCC2)C1. The summed E-state index contributed by atoms with van der Waals surface area (Å²) in [6.07, 6.45) is 4.60. The molecule has 1 spiro atoms. The number of carbonyl (C=O) groups excluding carboxylic acids is 1. The van der Waals surface area contributed by atoms with Gasteiger partial charge in [-0.25, -0.2) is 0 Å². The van der Waals surface area contributed by atoms with E-state index in [0.717, 1.165) is 32.5 Å². The van der Waals surface area contributed by atoms with Gasteiger partial charge in [0.15, 0.2) is 5.60 Å². The quantitative estimate of drug-likeness (QED) is 0.835. The first-order valence-electron chi connectivity index (χ1n) is 8.78. The second kappa shape index (κ2) is 6.57. The molecule has 2 fully saturated rings. The molecule has 0 radical (unpaired) electrons. The van der Waals surface area contributed by atoms with Gasteiger partial charge in [-0.1, -0.05) is 24.4 Å². The van der Waals surface area contributed by atoms with E-state index in [0.29, 0.717) is 10.8 Å². The van der Waals surface area contributed by atoms with Crippen molar-refractivity contribution in [3.05, 3.63) is 29.3 Å². The Morgan fingerprint density at radius 3 is 2.42 bits per heavy atom. The first kappa shape index (κ1) is 17.6. The molecule has 24 heavy (non-hydrogen) atoms. The van der Waals surface area contributed by atoms with Gasteiger partial charge in [0.1, 0.15) is 5.75 Å². The fourth-order valence-electron chi connectivity index (χ4n) is 4.12. The molecule has 0 aromatic heterocycles. The molecule has 0 bridgehead atoms. The Kier molecular flexibility index (Phi) is 4.80. The molecule has 3 rings (SSSR count). The lowest BCUT2D eigenvalue weighted by molar-refractivity contribution is -0.156. The van der Waals surface area contributed by atoms with Gasteiger partial charge in [-0.15, -0.1) is 0 Å². The van der Waals surface area contributed by atoms with Gasteiger partial charge >= 0.3 is 0 Å². The van der Waals surface area contributed by atoms with Crippen molar-refractivity contribution in [2.75, 3.05) is 26.7 Å². The van der Waals surface area contributed by atoms with E-state index in [1.165, 1.54) is 12.8 Å². The number of ether oxygens (including phenoxy) is 1. The summed E-state index contributed by atoms with van der Waals surface area (Å²) in [5.41, 5.74) is -0.899. The third-order valence-corrected chi connectivity index (χ3v) is 5.58. The Morgan fingerprint density at radius 1 is 1.17 bits per heavy atom. The van der Waals surface area contributed by atoms with Crippen LogP contribution in [0.1, 0.15) is 39.5 Å². The van der Waals surface area contributed by atoms with Gasteiger partial charge in [-0.3, -0.25) is 4.79 Å². The number of benzene rings is 1. The van der Waals surface area contributed by atoms with Crippen LogP contribution in [0.2, 0.25) is 5.02 Å². The van der Waals surface area contributed by atoms with Gasteiger partial charge < -0.3 is 14.5 Å². The molecular weight excluding hydrogens is 324 g/mol. The van der Waals surface area contributed by atoms with E-state index in [-0.39, 0.29) is 11.4 Å². The highest BCUT2D eigenvalue weighted by Gasteiger charge is 2.49. The largest absolute Gasteiger partial charge is 0.478 e. The Bertz CT molecular complexity index is 594. The smallest absolute Gasteiger partial charge is 0.266 e. The normalized spacial score (nSPS) is 21.2. The number of rotatable bonds is 3. The Hall–Kier alpha value is -1.26. The van der Waals surface area contributed by atoms with Gasteiger partial charge in [0.05, 0.1) is 5.54 Å². The van der Waals surface area contributed by atoms with Crippen LogP contribution >= 0.6 is 11.6 Å². The number of halogens is 1. The number of nitrogens with zero attached hydrogens (tertiary/aromatic N) is 2. The van der Waals surface area contributed by atoms with E-state index < -0.39 is 5.60 Å². The topological polar surface area (TPSA) is 32.8 Å². The van der Waals surface area contributed by atoms with Gasteiger partial charge in [0.25, 0.3) is 5.91 Å². The van der Waals surface area contributed by atoms with Crippen molar-refractivity contribution in [2.45, 2.75) is 50.7 Å². The highest BCUT2D eigenvalue weighted by atomic mass is 35.5. The maximum absolute atomic E-state index is 13.3. The highest BCUT2D eigenvalue weighted by Crippen LogP contribution is 2.39. The minimum Gasteiger partial charge on any atom is -0.478 e. The number of hydrogen-bond donors (Lipinski definition) is 0. The highest BCUT2D eigenvalue weighted by molar-refractivity contribution is 6.30. The fourth-order valence-corrected chi connectivity index (χ4v) is 4.24. The van der Waals surface area contributed by atoms with E-state index in [4.69, 9.17) is 16.3 Å². The maximum atomic E-state index is 13.3. The van der Waals surface area contributed by atoms with Crippen molar-refractivity contribution in [3.63, 3.8) is 0 Å². The second-order valence-corrected chi connectivity index (χ2v) is 8.13. The van der Waals surface area contributed by atoms with Gasteiger partial charge in [0, 0.05) is 24.7 Å². The van der Waals surface area contributed by atoms with E-state index in [9.17, 15) is 4.79 Å². The zero-order valence-electron chi connectivity index (χ0n) is 14.8. The van der Waals surface area contributed by atoms with Gasteiger partial charge in [-0.2, -0.15) is 0 Å². The first-order chi connectivity index (χ1) is 11.3. The van der Waals surface area contributed by atoms with E-state index in [1.807, 2.05) is 26.0 Å². The van der Waals surface area contributed by atoms with Crippen molar-refractivity contribution >= 4 is 17.5 Å². The molecule has 1 heterocycles. The Morgan fingerprint density at radius 2 is 1.79 bits per heavy atom. The summed E-state index contributed by atoms with van der Waals surface area (Å²) < 4.78 is 6.04. The van der Waals surface area contributed by atoms with Crippen LogP contribution in [0, 0.1) is 0 Å². The second-order valence-electron chi connectivity index (χ2n) is 7.69. The van der Waals surface area contributed by atoms with Crippen LogP contribution in [0.5, 0.6) is 5.75 Å². The lowest BCUT2D eigenvalue weighted by atomic mass is 9.90. The lowest BCUT2D eigenvalue weighted by Crippen LogP contribution is -2.65. The number of carbonyl (C=O) groups is 1. The summed E-state index contributed by atoms with van der Waals surface area (Å²) in [6.45, 7) is 6.40. The number of piperazine rings is 1. The standard InChI is InChI=1S/C19H27ClN2O2/c1-18(2,24-16-8-6-15(20)7-9-16)17(23)22-13-12-21(3)14-19(22)10-4-5-11-19/h6-9H,4-5,10-14H2,1-3H3. The van der Waals surface area contributed by atoms with Gasteiger partial charge in [0.2, 0.25) is 0 Å². The molecule has 2 aliphatic rings. The molecule has 1 aromatic rings. The fraction of sp³-hybridized carbons (Fsp3) is 0.632. The van der Waals surface area contributed by atoms with Crippen molar-refractivity contribution in [1.29, 1.82) is 0 Å². The monoisotopic (exact) mass is 350 g/mol. The average molecular weight is 351 g/mol. The molecule has 1 amide bonds. The molecule has 1 aliphatic carbocycles. The van der Waals surface area contributed by atoms with Crippen LogP contribution in [-0.4, -0.2) is 53.5 Å². The zero-order chi connectivity index (χ0) is 17.4. The molecule has 0 atom stereocenters. The van der Waals surface area contributed by atoms with Crippen LogP contribution in [0.4, 0.5) is 0 Å². The van der Waals surface area contributed by atoms with E-state index in [1.54, 1.807) is 12.1 Å². The van der Waals surface area contributed by atoms with Crippen LogP contribution in [0.25, 0.3) is 0 Å². The van der Waals surface area contributed by atoms with Crippen molar-refractivity contribution < 1.29 is 9.53 Å². The van der Waals surface area contributed by atoms with Crippen LogP contribution < -0.4 is 4.74 Å². The van der Waals surface area contributed by atoms with Crippen molar-refractivity contribution in [3.8, 4) is 5.75 Å². The summed E-state index contributed by atoms with van der Waals surface area (Å²) in [4.78, 5) is 17.8. The minimum atomic E-state index is -0.890. The van der Waals surface area contributed by atoms with Crippen LogP contribution in [-0.2, 0) is 4.79 Å². The predicted molar refractivity (Wildman–Crippen MR) is 96.6 cm³/mol. The molecule has 1 saturated heterocycles. The van der Waals surface area contributed by atoms with Crippen molar-refractivity contribution in [2.24, 2.45) is 0 Å². The molecule has 0 unspecified atom stereocenters. The summed E-state index contributed by atoms with van der Waals surface area (Å²) in [5.74, 6) is 0.764. The zero-order valence-corrected chi connectivity index (χ0v) is 15.6. The third-order valence-electron chi connectivity index (χ3n) is 5.32. The molecule has 132 valence electrons. The van der Waals surface area contributed by atoms with Gasteiger partial charge in [-0.05, 0) is 58.0 Å². The Balaban J connectivity index is 1.79. The molecule has 5 heteroatoms. The Labute approximate surface area is 149 Å². The van der Waals surface area contributed by atoms with E-state index >= 15 is 0 Å². The summed E-state index contributed by atoms with van der Waals surface area (Å²) in [5, 5.41) is 0.662. The molecule has 4 nitrogen and oxygen atoms in total. The number of hydrogen-bond acceptors (Lipinski definition) is 3. The number of amides is 1. The molecule has 1 aliphatic heterocycles. The molecule has 1 saturated carbocycles. The van der Waals surface area contributed by atoms with Crippen LogP contribution in [0.15, 0.2) is 24.3 Å². The summed E-state index contributed by atoms with van der Waals surface area (Å²) >= 11 is 5.93. The number of likely N-dealkylation sites (N-methyl/N-ethyl adjacent to an activating group) is 1. The summed E-state index contributed by atoms with van der Waals surface area (Å²) in [7, 11) is 2.15. The molecule has 0 N–H and O–H groups in total. The predicted octanol–water partition coefficient (Wildman–Crippen LogP) is 3.58. The summed E-state index contributed by atoms with van der Waals surface area (Å²) in [6, 6.07) is 7.19. The van der Waals surface area contributed by atoms with Crippen molar-refractivity contribution in [1.82, 2.24) is 9.80 Å².